The van der Waals surface area contributed by atoms with Crippen LogP contribution in [-0.2, 0) is 0 Å². The van der Waals surface area contributed by atoms with Gasteiger partial charge in [-0.1, -0.05) is 23.2 Å². The van der Waals surface area contributed by atoms with Crippen LogP contribution in [0.25, 0.3) is 0 Å². The number of hydrogen-bond donors (Lipinski definition) is 1. The van der Waals surface area contributed by atoms with Crippen molar-refractivity contribution in [2.24, 2.45) is 0 Å². The highest BCUT2D eigenvalue weighted by atomic mass is 35.5. The summed E-state index contributed by atoms with van der Waals surface area (Å²) in [6, 6.07) is 4.97. The average molecular weight is 287 g/mol. The molecule has 1 heterocycles. The van der Waals surface area contributed by atoms with Crippen molar-refractivity contribution in [1.82, 2.24) is 10.2 Å². The van der Waals surface area contributed by atoms with E-state index in [9.17, 15) is 4.79 Å². The van der Waals surface area contributed by atoms with Gasteiger partial charge in [0, 0.05) is 30.2 Å². The Labute approximate surface area is 117 Å². The van der Waals surface area contributed by atoms with Gasteiger partial charge in [0.15, 0.2) is 0 Å². The molecule has 0 saturated carbocycles. The SMILES string of the molecule is CC1(C)CN(C(=O)c2cc(Cl)ccc2Cl)CCN1. The maximum absolute atomic E-state index is 12.4. The smallest absolute Gasteiger partial charge is 0.255 e. The van der Waals surface area contributed by atoms with Crippen LogP contribution in [0, 0.1) is 0 Å². The molecule has 1 aliphatic heterocycles. The molecule has 0 unspecified atom stereocenters. The van der Waals surface area contributed by atoms with E-state index in [0.29, 0.717) is 28.7 Å². The van der Waals surface area contributed by atoms with E-state index < -0.39 is 0 Å². The minimum atomic E-state index is -0.0705. The molecule has 1 amide bonds. The minimum absolute atomic E-state index is 0.0583. The number of carbonyl (C=O) groups excluding carboxylic acids is 1. The van der Waals surface area contributed by atoms with Crippen molar-refractivity contribution >= 4 is 29.1 Å². The van der Waals surface area contributed by atoms with E-state index in [0.717, 1.165) is 6.54 Å². The van der Waals surface area contributed by atoms with Gasteiger partial charge in [-0.25, -0.2) is 0 Å². The Hall–Kier alpha value is -0.770. The largest absolute Gasteiger partial charge is 0.335 e. The van der Waals surface area contributed by atoms with Crippen LogP contribution >= 0.6 is 23.2 Å². The molecule has 18 heavy (non-hydrogen) atoms. The normalized spacial score (nSPS) is 18.8. The summed E-state index contributed by atoms with van der Waals surface area (Å²) in [6.45, 7) is 6.29. The van der Waals surface area contributed by atoms with Gasteiger partial charge in [-0.2, -0.15) is 0 Å². The second-order valence-electron chi connectivity index (χ2n) is 5.16. The van der Waals surface area contributed by atoms with Crippen molar-refractivity contribution in [1.29, 1.82) is 0 Å². The molecule has 98 valence electrons. The van der Waals surface area contributed by atoms with Crippen LogP contribution in [0.1, 0.15) is 24.2 Å². The topological polar surface area (TPSA) is 32.3 Å². The van der Waals surface area contributed by atoms with E-state index in [-0.39, 0.29) is 11.4 Å². The highest BCUT2D eigenvalue weighted by Crippen LogP contribution is 2.23. The summed E-state index contributed by atoms with van der Waals surface area (Å²) in [7, 11) is 0. The van der Waals surface area contributed by atoms with Crippen LogP contribution in [0.3, 0.4) is 0 Å². The predicted octanol–water partition coefficient (Wildman–Crippen LogP) is 2.82. The Morgan fingerprint density at radius 3 is 2.78 bits per heavy atom. The lowest BCUT2D eigenvalue weighted by atomic mass is 10.0. The Kier molecular flexibility index (Phi) is 3.85. The van der Waals surface area contributed by atoms with Crippen molar-refractivity contribution in [3.63, 3.8) is 0 Å². The quantitative estimate of drug-likeness (QED) is 0.861. The summed E-state index contributed by atoms with van der Waals surface area (Å²) in [4.78, 5) is 14.2. The molecule has 2 rings (SSSR count). The molecule has 1 fully saturated rings. The zero-order chi connectivity index (χ0) is 13.3. The summed E-state index contributed by atoms with van der Waals surface area (Å²) < 4.78 is 0. The van der Waals surface area contributed by atoms with E-state index in [2.05, 4.69) is 19.2 Å². The average Bonchev–Trinajstić information content (AvgIpc) is 2.30. The first kappa shape index (κ1) is 13.7. The number of nitrogens with zero attached hydrogens (tertiary/aromatic N) is 1. The number of piperazine rings is 1. The maximum atomic E-state index is 12.4. The number of rotatable bonds is 1. The summed E-state index contributed by atoms with van der Waals surface area (Å²) >= 11 is 12.0. The molecular weight excluding hydrogens is 271 g/mol. The van der Waals surface area contributed by atoms with Crippen molar-refractivity contribution < 1.29 is 4.79 Å². The first-order valence-corrected chi connectivity index (χ1v) is 6.64. The molecule has 3 nitrogen and oxygen atoms in total. The van der Waals surface area contributed by atoms with Crippen molar-refractivity contribution in [2.45, 2.75) is 19.4 Å². The number of hydrogen-bond acceptors (Lipinski definition) is 2. The monoisotopic (exact) mass is 286 g/mol. The first-order valence-electron chi connectivity index (χ1n) is 5.88. The van der Waals surface area contributed by atoms with Gasteiger partial charge in [-0.15, -0.1) is 0 Å². The number of halogens is 2. The molecule has 1 saturated heterocycles. The van der Waals surface area contributed by atoms with Gasteiger partial charge >= 0.3 is 0 Å². The van der Waals surface area contributed by atoms with Gasteiger partial charge in [0.25, 0.3) is 5.91 Å². The zero-order valence-electron chi connectivity index (χ0n) is 10.5. The molecule has 0 spiro atoms. The van der Waals surface area contributed by atoms with Crippen LogP contribution in [-0.4, -0.2) is 36.0 Å². The fourth-order valence-electron chi connectivity index (χ4n) is 2.15. The van der Waals surface area contributed by atoms with Gasteiger partial charge < -0.3 is 10.2 Å². The lowest BCUT2D eigenvalue weighted by Crippen LogP contribution is -2.58. The molecule has 5 heteroatoms. The van der Waals surface area contributed by atoms with E-state index in [1.54, 1.807) is 18.2 Å². The van der Waals surface area contributed by atoms with Gasteiger partial charge in [0.1, 0.15) is 0 Å². The van der Waals surface area contributed by atoms with Crippen LogP contribution in [0.4, 0.5) is 0 Å². The number of benzene rings is 1. The number of nitrogens with one attached hydrogen (secondary N) is 1. The Balaban J connectivity index is 2.23. The second-order valence-corrected chi connectivity index (χ2v) is 6.01. The van der Waals surface area contributed by atoms with E-state index in [4.69, 9.17) is 23.2 Å². The third-order valence-corrected chi connectivity index (χ3v) is 3.58. The van der Waals surface area contributed by atoms with Crippen molar-refractivity contribution in [2.75, 3.05) is 19.6 Å². The van der Waals surface area contributed by atoms with Gasteiger partial charge in [0.2, 0.25) is 0 Å². The molecule has 0 atom stereocenters. The summed E-state index contributed by atoms with van der Waals surface area (Å²) in [6.07, 6.45) is 0. The van der Waals surface area contributed by atoms with Gasteiger partial charge in [-0.05, 0) is 32.0 Å². The molecule has 1 N–H and O–H groups in total. The Morgan fingerprint density at radius 2 is 2.11 bits per heavy atom. The summed E-state index contributed by atoms with van der Waals surface area (Å²) in [5.41, 5.74) is 0.403. The summed E-state index contributed by atoms with van der Waals surface area (Å²) in [5.74, 6) is -0.0583. The molecule has 1 aromatic rings. The van der Waals surface area contributed by atoms with Crippen molar-refractivity contribution in [3.05, 3.63) is 33.8 Å². The van der Waals surface area contributed by atoms with Crippen molar-refractivity contribution in [3.8, 4) is 0 Å². The molecule has 0 radical (unpaired) electrons. The molecule has 0 bridgehead atoms. The van der Waals surface area contributed by atoms with E-state index in [1.807, 2.05) is 4.90 Å². The van der Waals surface area contributed by atoms with Gasteiger partial charge in [-0.3, -0.25) is 4.79 Å². The van der Waals surface area contributed by atoms with Crippen LogP contribution in [0.5, 0.6) is 0 Å². The van der Waals surface area contributed by atoms with E-state index in [1.165, 1.54) is 0 Å². The fraction of sp³-hybridized carbons (Fsp3) is 0.462. The van der Waals surface area contributed by atoms with Crippen LogP contribution in [0.2, 0.25) is 10.0 Å². The van der Waals surface area contributed by atoms with E-state index >= 15 is 0 Å². The first-order chi connectivity index (χ1) is 8.39. The molecular formula is C13H16Cl2N2O. The molecule has 1 aliphatic rings. The Bertz CT molecular complexity index is 474. The highest BCUT2D eigenvalue weighted by Gasteiger charge is 2.29. The number of carbonyl (C=O) groups is 1. The lowest BCUT2D eigenvalue weighted by molar-refractivity contribution is 0.0652. The lowest BCUT2D eigenvalue weighted by Gasteiger charge is -2.39. The maximum Gasteiger partial charge on any atom is 0.255 e. The summed E-state index contributed by atoms with van der Waals surface area (Å²) in [5, 5.41) is 4.34. The number of amides is 1. The molecule has 1 aromatic carbocycles. The molecule has 0 aromatic heterocycles. The second kappa shape index (κ2) is 5.08. The minimum Gasteiger partial charge on any atom is -0.335 e. The highest BCUT2D eigenvalue weighted by molar-refractivity contribution is 6.35. The van der Waals surface area contributed by atoms with Gasteiger partial charge in [0.05, 0.1) is 10.6 Å². The zero-order valence-corrected chi connectivity index (χ0v) is 12.0. The third kappa shape index (κ3) is 2.97. The third-order valence-electron chi connectivity index (χ3n) is 3.02. The Morgan fingerprint density at radius 1 is 1.39 bits per heavy atom. The fourth-order valence-corrected chi connectivity index (χ4v) is 2.52. The van der Waals surface area contributed by atoms with Crippen LogP contribution < -0.4 is 5.32 Å². The predicted molar refractivity (Wildman–Crippen MR) is 74.4 cm³/mol. The van der Waals surface area contributed by atoms with Crippen LogP contribution in [0.15, 0.2) is 18.2 Å². The molecule has 0 aliphatic carbocycles. The standard InChI is InChI=1S/C13H16Cl2N2O/c1-13(2)8-17(6-5-16-13)12(18)10-7-9(14)3-4-11(10)15/h3-4,7,16H,5-6,8H2,1-2H3.